The maximum Gasteiger partial charge on any atom is 0.167 e. The second-order valence-electron chi connectivity index (χ2n) is 4.81. The molecule has 0 aliphatic heterocycles. The quantitative estimate of drug-likeness (QED) is 0.621. The number of rotatable bonds is 6. The number of halogens is 1. The Kier molecular flexibility index (Phi) is 4.55. The van der Waals surface area contributed by atoms with Crippen molar-refractivity contribution in [2.75, 3.05) is 11.9 Å². The van der Waals surface area contributed by atoms with Crippen LogP contribution in [0.3, 0.4) is 0 Å². The van der Waals surface area contributed by atoms with Crippen molar-refractivity contribution >= 4 is 26.9 Å². The fourth-order valence-electron chi connectivity index (χ4n) is 2.26. The minimum atomic E-state index is 0.661. The van der Waals surface area contributed by atoms with E-state index in [1.807, 2.05) is 36.4 Å². The van der Waals surface area contributed by atoms with Crippen LogP contribution < -0.4 is 4.74 Å². The molecule has 0 saturated heterocycles. The molecule has 4 heteroatoms. The summed E-state index contributed by atoms with van der Waals surface area (Å²) in [5, 5.41) is 6.00. The molecule has 0 unspecified atom stereocenters. The summed E-state index contributed by atoms with van der Waals surface area (Å²) < 4.78 is 11.1. The average Bonchev–Trinajstić information content (AvgIpc) is 2.92. The number of nitrogens with zero attached hydrogens (tertiary/aromatic N) is 1. The van der Waals surface area contributed by atoms with E-state index in [1.165, 1.54) is 5.56 Å². The van der Waals surface area contributed by atoms with E-state index in [9.17, 15) is 0 Å². The molecule has 21 heavy (non-hydrogen) atoms. The maximum atomic E-state index is 5.84. The summed E-state index contributed by atoms with van der Waals surface area (Å²) in [4.78, 5) is 0. The molecule has 0 radical (unpaired) electrons. The van der Waals surface area contributed by atoms with Gasteiger partial charge >= 0.3 is 0 Å². The molecule has 3 nitrogen and oxygen atoms in total. The van der Waals surface area contributed by atoms with Gasteiger partial charge in [-0.2, -0.15) is 0 Å². The second kappa shape index (κ2) is 6.76. The Bertz CT molecular complexity index is 709. The number of ether oxygens (including phenoxy) is 1. The van der Waals surface area contributed by atoms with Crippen LogP contribution in [0.25, 0.3) is 11.0 Å². The predicted molar refractivity (Wildman–Crippen MR) is 87.1 cm³/mol. The molecule has 0 aliphatic carbocycles. The van der Waals surface area contributed by atoms with E-state index in [4.69, 9.17) is 9.26 Å². The van der Waals surface area contributed by atoms with Crippen molar-refractivity contribution in [2.24, 2.45) is 0 Å². The van der Waals surface area contributed by atoms with Crippen molar-refractivity contribution in [3.8, 4) is 5.75 Å². The number of hydrogen-bond acceptors (Lipinski definition) is 3. The fraction of sp³-hybridized carbons (Fsp3) is 0.235. The van der Waals surface area contributed by atoms with Crippen molar-refractivity contribution in [2.45, 2.75) is 12.8 Å². The Morgan fingerprint density at radius 2 is 1.90 bits per heavy atom. The van der Waals surface area contributed by atoms with Crippen LogP contribution in [0.4, 0.5) is 0 Å². The molecular weight excluding hydrogens is 330 g/mol. The van der Waals surface area contributed by atoms with Crippen LogP contribution in [-0.2, 0) is 12.8 Å². The summed E-state index contributed by atoms with van der Waals surface area (Å²) in [5.41, 5.74) is 3.06. The minimum absolute atomic E-state index is 0.661. The molecule has 0 atom stereocenters. The third-order valence-corrected chi connectivity index (χ3v) is 3.75. The molecule has 0 bridgehead atoms. The SMILES string of the molecule is BrCCc1noc2ccc(OCCc3ccccc3)cc12. The van der Waals surface area contributed by atoms with Crippen LogP contribution in [0.15, 0.2) is 53.1 Å². The number of hydrogen-bond donors (Lipinski definition) is 0. The minimum Gasteiger partial charge on any atom is -0.493 e. The number of aryl methyl sites for hydroxylation is 1. The zero-order chi connectivity index (χ0) is 14.5. The van der Waals surface area contributed by atoms with Gasteiger partial charge < -0.3 is 9.26 Å². The third-order valence-electron chi connectivity index (χ3n) is 3.35. The van der Waals surface area contributed by atoms with Gasteiger partial charge in [-0.15, -0.1) is 0 Å². The van der Waals surface area contributed by atoms with Crippen molar-refractivity contribution in [1.82, 2.24) is 5.16 Å². The van der Waals surface area contributed by atoms with Gasteiger partial charge in [0.1, 0.15) is 5.75 Å². The van der Waals surface area contributed by atoms with Crippen molar-refractivity contribution in [1.29, 1.82) is 0 Å². The summed E-state index contributed by atoms with van der Waals surface area (Å²) >= 11 is 3.43. The number of aromatic nitrogens is 1. The van der Waals surface area contributed by atoms with Crippen LogP contribution in [-0.4, -0.2) is 17.1 Å². The number of alkyl halides is 1. The van der Waals surface area contributed by atoms with E-state index in [0.29, 0.717) is 6.61 Å². The molecular formula is C17H16BrNO2. The zero-order valence-electron chi connectivity index (χ0n) is 11.6. The molecule has 0 fully saturated rings. The van der Waals surface area contributed by atoms with Gasteiger partial charge in [0.2, 0.25) is 0 Å². The van der Waals surface area contributed by atoms with Gasteiger partial charge in [-0.25, -0.2) is 0 Å². The van der Waals surface area contributed by atoms with Gasteiger partial charge in [-0.1, -0.05) is 51.4 Å². The van der Waals surface area contributed by atoms with Gasteiger partial charge in [-0.3, -0.25) is 0 Å². The van der Waals surface area contributed by atoms with Crippen molar-refractivity contribution < 1.29 is 9.26 Å². The summed E-state index contributed by atoms with van der Waals surface area (Å²) in [6.07, 6.45) is 1.75. The Hall–Kier alpha value is -1.81. The van der Waals surface area contributed by atoms with E-state index in [2.05, 4.69) is 33.2 Å². The maximum absolute atomic E-state index is 5.84. The summed E-state index contributed by atoms with van der Waals surface area (Å²) in [7, 11) is 0. The molecule has 3 aromatic rings. The molecule has 0 aliphatic rings. The van der Waals surface area contributed by atoms with Crippen LogP contribution in [0.1, 0.15) is 11.3 Å². The lowest BCUT2D eigenvalue weighted by Gasteiger charge is -2.06. The zero-order valence-corrected chi connectivity index (χ0v) is 13.2. The van der Waals surface area contributed by atoms with E-state index in [-0.39, 0.29) is 0 Å². The van der Waals surface area contributed by atoms with Gasteiger partial charge in [-0.05, 0) is 23.8 Å². The number of fused-ring (bicyclic) bond motifs is 1. The van der Waals surface area contributed by atoms with Crippen LogP contribution in [0.5, 0.6) is 5.75 Å². The summed E-state index contributed by atoms with van der Waals surface area (Å²) in [6, 6.07) is 16.2. The molecule has 0 amide bonds. The Labute approximate surface area is 132 Å². The van der Waals surface area contributed by atoms with Crippen molar-refractivity contribution in [3.05, 3.63) is 59.8 Å². The lowest BCUT2D eigenvalue weighted by Crippen LogP contribution is -2.01. The summed E-state index contributed by atoms with van der Waals surface area (Å²) in [5.74, 6) is 0.859. The normalized spacial score (nSPS) is 10.9. The third kappa shape index (κ3) is 3.45. The highest BCUT2D eigenvalue weighted by Crippen LogP contribution is 2.24. The van der Waals surface area contributed by atoms with Crippen molar-refractivity contribution in [3.63, 3.8) is 0 Å². The molecule has 0 spiro atoms. The van der Waals surface area contributed by atoms with Gasteiger partial charge in [0.15, 0.2) is 5.58 Å². The molecule has 1 heterocycles. The predicted octanol–water partition coefficient (Wildman–Crippen LogP) is 4.39. The van der Waals surface area contributed by atoms with Crippen LogP contribution >= 0.6 is 15.9 Å². The lowest BCUT2D eigenvalue weighted by molar-refractivity contribution is 0.322. The Morgan fingerprint density at radius 3 is 2.71 bits per heavy atom. The molecule has 108 valence electrons. The first-order valence-corrected chi connectivity index (χ1v) is 8.10. The second-order valence-corrected chi connectivity index (χ2v) is 5.60. The van der Waals surface area contributed by atoms with E-state index in [1.54, 1.807) is 0 Å². The highest BCUT2D eigenvalue weighted by Gasteiger charge is 2.08. The van der Waals surface area contributed by atoms with Crippen LogP contribution in [0.2, 0.25) is 0 Å². The lowest BCUT2D eigenvalue weighted by atomic mass is 10.1. The first-order chi connectivity index (χ1) is 10.4. The molecule has 0 saturated carbocycles. The molecule has 2 aromatic carbocycles. The van der Waals surface area contributed by atoms with Crippen LogP contribution in [0, 0.1) is 0 Å². The standard InChI is InChI=1S/C17H16BrNO2/c18-10-8-16-15-12-14(6-7-17(15)21-19-16)20-11-9-13-4-2-1-3-5-13/h1-7,12H,8-11H2. The topological polar surface area (TPSA) is 35.3 Å². The molecule has 0 N–H and O–H groups in total. The number of benzene rings is 2. The molecule has 3 rings (SSSR count). The first kappa shape index (κ1) is 14.1. The average molecular weight is 346 g/mol. The Morgan fingerprint density at radius 1 is 1.05 bits per heavy atom. The van der Waals surface area contributed by atoms with E-state index >= 15 is 0 Å². The molecule has 1 aromatic heterocycles. The highest BCUT2D eigenvalue weighted by molar-refractivity contribution is 9.09. The van der Waals surface area contributed by atoms with Gasteiger partial charge in [0, 0.05) is 23.6 Å². The van der Waals surface area contributed by atoms with E-state index < -0.39 is 0 Å². The largest absolute Gasteiger partial charge is 0.493 e. The Balaban J connectivity index is 1.68. The van der Waals surface area contributed by atoms with Gasteiger partial charge in [0.05, 0.1) is 12.3 Å². The van der Waals surface area contributed by atoms with Gasteiger partial charge in [0.25, 0.3) is 0 Å². The summed E-state index contributed by atoms with van der Waals surface area (Å²) in [6.45, 7) is 0.661. The highest BCUT2D eigenvalue weighted by atomic mass is 79.9. The first-order valence-electron chi connectivity index (χ1n) is 6.98. The fourth-order valence-corrected chi connectivity index (χ4v) is 2.63. The van der Waals surface area contributed by atoms with E-state index in [0.717, 1.165) is 40.6 Å². The smallest absolute Gasteiger partial charge is 0.167 e. The monoisotopic (exact) mass is 345 g/mol.